The molecule has 2 saturated carbocycles. The van der Waals surface area contributed by atoms with Gasteiger partial charge in [0.05, 0.1) is 10.7 Å². The fourth-order valence-corrected chi connectivity index (χ4v) is 6.36. The lowest BCUT2D eigenvalue weighted by molar-refractivity contribution is 0.291. The van der Waals surface area contributed by atoms with Crippen LogP contribution in [0.5, 0.6) is 0 Å². The third-order valence-electron chi connectivity index (χ3n) is 5.75. The zero-order chi connectivity index (χ0) is 17.6. The van der Waals surface area contributed by atoms with Crippen molar-refractivity contribution < 1.29 is 8.42 Å². The molecule has 3 aliphatic rings. The minimum absolute atomic E-state index is 0.0194. The van der Waals surface area contributed by atoms with Crippen LogP contribution in [0.2, 0.25) is 5.02 Å². The number of hydrogen-bond donors (Lipinski definition) is 1. The summed E-state index contributed by atoms with van der Waals surface area (Å²) in [6, 6.07) is 3.45. The van der Waals surface area contributed by atoms with E-state index in [2.05, 4.69) is 25.6 Å². The average Bonchev–Trinajstić information content (AvgIpc) is 3.40. The minimum Gasteiger partial charge on any atom is -0.369 e. The number of halogens is 2. The van der Waals surface area contributed by atoms with Crippen molar-refractivity contribution in [2.45, 2.75) is 55.9 Å². The maximum Gasteiger partial charge on any atom is 0.242 e. The normalized spacial score (nSPS) is 27.0. The van der Waals surface area contributed by atoms with Gasteiger partial charge in [0.15, 0.2) is 0 Å². The Kier molecular flexibility index (Phi) is 5.08. The maximum absolute atomic E-state index is 13.1. The van der Waals surface area contributed by atoms with Crippen molar-refractivity contribution in [3.05, 3.63) is 21.6 Å². The number of anilines is 1. The molecule has 2 aliphatic carbocycles. The lowest BCUT2D eigenvalue weighted by Gasteiger charge is -2.33. The van der Waals surface area contributed by atoms with Crippen LogP contribution in [-0.2, 0) is 10.0 Å². The molecule has 0 amide bonds. The van der Waals surface area contributed by atoms with E-state index in [0.717, 1.165) is 31.6 Å². The molecular weight excluding hydrogens is 424 g/mol. The Bertz CT molecular complexity index is 761. The molecule has 1 unspecified atom stereocenters. The van der Waals surface area contributed by atoms with E-state index < -0.39 is 10.0 Å². The van der Waals surface area contributed by atoms with Gasteiger partial charge in [0.25, 0.3) is 0 Å². The smallest absolute Gasteiger partial charge is 0.242 e. The van der Waals surface area contributed by atoms with E-state index in [1.54, 1.807) is 6.07 Å². The van der Waals surface area contributed by atoms with Gasteiger partial charge in [-0.1, -0.05) is 30.9 Å². The van der Waals surface area contributed by atoms with Crippen molar-refractivity contribution in [1.82, 2.24) is 4.72 Å². The molecule has 1 aromatic rings. The lowest BCUT2D eigenvalue weighted by Crippen LogP contribution is -2.46. The molecule has 1 atom stereocenters. The molecular formula is C18H24BrClN2O2S. The minimum atomic E-state index is -3.54. The van der Waals surface area contributed by atoms with Crippen molar-refractivity contribution in [1.29, 1.82) is 0 Å². The fraction of sp³-hybridized carbons (Fsp3) is 0.667. The summed E-state index contributed by atoms with van der Waals surface area (Å²) in [6.45, 7) is 1.66. The van der Waals surface area contributed by atoms with Gasteiger partial charge in [-0.05, 0) is 65.6 Å². The number of fused-ring (bicyclic) bond motifs is 1. The second-order valence-electron chi connectivity index (χ2n) is 7.71. The Morgan fingerprint density at radius 3 is 2.56 bits per heavy atom. The molecule has 25 heavy (non-hydrogen) atoms. The molecule has 1 heterocycles. The monoisotopic (exact) mass is 446 g/mol. The van der Waals surface area contributed by atoms with Crippen molar-refractivity contribution in [3.8, 4) is 0 Å². The van der Waals surface area contributed by atoms with Crippen molar-refractivity contribution >= 4 is 43.2 Å². The van der Waals surface area contributed by atoms with Crippen molar-refractivity contribution in [2.24, 2.45) is 11.8 Å². The van der Waals surface area contributed by atoms with E-state index in [0.29, 0.717) is 26.2 Å². The van der Waals surface area contributed by atoms with E-state index in [9.17, 15) is 8.42 Å². The molecule has 0 bridgehead atoms. The predicted octanol–water partition coefficient (Wildman–Crippen LogP) is 4.56. The van der Waals surface area contributed by atoms with E-state index in [1.165, 1.54) is 32.1 Å². The number of rotatable bonds is 3. The van der Waals surface area contributed by atoms with E-state index in [4.69, 9.17) is 11.6 Å². The Morgan fingerprint density at radius 2 is 1.88 bits per heavy atom. The summed E-state index contributed by atoms with van der Waals surface area (Å²) < 4.78 is 29.8. The molecule has 0 aromatic heterocycles. The first-order chi connectivity index (χ1) is 11.9. The third kappa shape index (κ3) is 3.87. The average molecular weight is 448 g/mol. The zero-order valence-electron chi connectivity index (χ0n) is 14.2. The number of sulfonamides is 1. The number of benzene rings is 1. The van der Waals surface area contributed by atoms with Crippen LogP contribution in [0.3, 0.4) is 0 Å². The van der Waals surface area contributed by atoms with E-state index in [-0.39, 0.29) is 6.04 Å². The molecule has 7 heteroatoms. The zero-order valence-corrected chi connectivity index (χ0v) is 17.3. The van der Waals surface area contributed by atoms with Gasteiger partial charge >= 0.3 is 0 Å². The van der Waals surface area contributed by atoms with Gasteiger partial charge in [-0.3, -0.25) is 0 Å². The number of hydrogen-bond acceptors (Lipinski definition) is 3. The summed E-state index contributed by atoms with van der Waals surface area (Å²) in [5.74, 6) is 1.11. The molecule has 0 spiro atoms. The molecule has 0 radical (unpaired) electrons. The Morgan fingerprint density at radius 1 is 1.16 bits per heavy atom. The fourth-order valence-electron chi connectivity index (χ4n) is 4.18. The van der Waals surface area contributed by atoms with Gasteiger partial charge < -0.3 is 4.90 Å². The van der Waals surface area contributed by atoms with Crippen LogP contribution in [0, 0.1) is 11.8 Å². The van der Waals surface area contributed by atoms with Crippen LogP contribution in [-0.4, -0.2) is 27.5 Å². The predicted molar refractivity (Wildman–Crippen MR) is 105 cm³/mol. The van der Waals surface area contributed by atoms with Crippen LogP contribution in [0.4, 0.5) is 5.69 Å². The summed E-state index contributed by atoms with van der Waals surface area (Å²) in [5.41, 5.74) is 0.755. The summed E-state index contributed by atoms with van der Waals surface area (Å²) in [7, 11) is -3.54. The van der Waals surface area contributed by atoms with Gasteiger partial charge in [0.1, 0.15) is 4.90 Å². The molecule has 0 saturated heterocycles. The Hall–Kier alpha value is -0.300. The summed E-state index contributed by atoms with van der Waals surface area (Å²) in [4.78, 5) is 2.62. The molecule has 1 aliphatic heterocycles. The highest BCUT2D eigenvalue weighted by atomic mass is 79.9. The summed E-state index contributed by atoms with van der Waals surface area (Å²) in [6.07, 6.45) is 8.39. The summed E-state index contributed by atoms with van der Waals surface area (Å²) >= 11 is 9.69. The molecule has 1 aromatic carbocycles. The van der Waals surface area contributed by atoms with Gasteiger partial charge in [-0.2, -0.15) is 0 Å². The van der Waals surface area contributed by atoms with Crippen LogP contribution >= 0.6 is 27.5 Å². The highest BCUT2D eigenvalue weighted by molar-refractivity contribution is 9.10. The van der Waals surface area contributed by atoms with Crippen LogP contribution in [0.15, 0.2) is 21.5 Å². The van der Waals surface area contributed by atoms with Crippen LogP contribution in [0.1, 0.15) is 44.9 Å². The quantitative estimate of drug-likeness (QED) is 0.739. The van der Waals surface area contributed by atoms with E-state index in [1.807, 2.05) is 6.07 Å². The van der Waals surface area contributed by atoms with E-state index >= 15 is 0 Å². The highest BCUT2D eigenvalue weighted by Crippen LogP contribution is 2.40. The van der Waals surface area contributed by atoms with Crippen molar-refractivity contribution in [3.63, 3.8) is 0 Å². The lowest BCUT2D eigenvalue weighted by atomic mass is 9.84. The first kappa shape index (κ1) is 18.1. The second kappa shape index (κ2) is 7.02. The molecule has 4 nitrogen and oxygen atoms in total. The van der Waals surface area contributed by atoms with Crippen LogP contribution < -0.4 is 9.62 Å². The van der Waals surface area contributed by atoms with Gasteiger partial charge in [-0.25, -0.2) is 13.1 Å². The SMILES string of the molecule is O=S1(=O)NC(C2CCCCC2)CN(CC2CC2)c2cc(Cl)c(Br)cc21. The molecule has 138 valence electrons. The molecule has 1 N–H and O–H groups in total. The first-order valence-electron chi connectivity index (χ1n) is 9.20. The first-order valence-corrected chi connectivity index (χ1v) is 11.9. The maximum atomic E-state index is 13.1. The third-order valence-corrected chi connectivity index (χ3v) is 8.47. The molecule has 2 fully saturated rings. The summed E-state index contributed by atoms with van der Waals surface area (Å²) in [5, 5.41) is 0.561. The standard InChI is InChI=1S/C18H24BrClN2O2S/c19-14-8-18-17(9-15(14)20)22(10-12-6-7-12)11-16(21-25(18,23)24)13-4-2-1-3-5-13/h8-9,12-13,16,21H,1-7,10-11H2. The second-order valence-corrected chi connectivity index (χ2v) is 10.7. The van der Waals surface area contributed by atoms with Gasteiger partial charge in [-0.15, -0.1) is 0 Å². The Labute approximate surface area is 163 Å². The highest BCUT2D eigenvalue weighted by Gasteiger charge is 2.37. The topological polar surface area (TPSA) is 49.4 Å². The van der Waals surface area contributed by atoms with Gasteiger partial charge in [0, 0.05) is 23.6 Å². The Balaban J connectivity index is 1.74. The largest absolute Gasteiger partial charge is 0.369 e. The van der Waals surface area contributed by atoms with Gasteiger partial charge in [0.2, 0.25) is 10.0 Å². The number of nitrogens with zero attached hydrogens (tertiary/aromatic N) is 1. The molecule has 4 rings (SSSR count). The van der Waals surface area contributed by atoms with Crippen LogP contribution in [0.25, 0.3) is 0 Å². The number of nitrogens with one attached hydrogen (secondary N) is 1. The van der Waals surface area contributed by atoms with Crippen molar-refractivity contribution in [2.75, 3.05) is 18.0 Å².